The van der Waals surface area contributed by atoms with E-state index in [9.17, 15) is 4.79 Å². The van der Waals surface area contributed by atoms with Crippen molar-refractivity contribution in [1.29, 1.82) is 0 Å². The lowest BCUT2D eigenvalue weighted by Crippen LogP contribution is -2.31. The standard InChI is InChI=1S/C17H20BrN3O3/c1-21-6-2-4-10(21)9-24-17-19-13-8-12(18)11-5-3-7-23-15(11)14(13)16(22)20-17/h8,10H,2-7,9H2,1H3,(H,19,20,22). The van der Waals surface area contributed by atoms with Crippen LogP contribution in [0.25, 0.3) is 10.9 Å². The van der Waals surface area contributed by atoms with Crippen molar-refractivity contribution in [3.05, 3.63) is 26.5 Å². The lowest BCUT2D eigenvalue weighted by Gasteiger charge is -2.21. The third-order valence-electron chi connectivity index (χ3n) is 4.88. The van der Waals surface area contributed by atoms with Crippen molar-refractivity contribution < 1.29 is 9.47 Å². The average molecular weight is 394 g/mol. The quantitative estimate of drug-likeness (QED) is 0.867. The Balaban J connectivity index is 1.68. The average Bonchev–Trinajstić information content (AvgIpc) is 2.98. The smallest absolute Gasteiger partial charge is 0.297 e. The SMILES string of the molecule is CN1CCCC1COc1nc2cc(Br)c3c(c2c(=O)[nH]1)OCCC3. The van der Waals surface area contributed by atoms with Crippen LogP contribution in [0.2, 0.25) is 0 Å². The number of nitrogens with one attached hydrogen (secondary N) is 1. The summed E-state index contributed by atoms with van der Waals surface area (Å²) in [6.07, 6.45) is 4.15. The summed E-state index contributed by atoms with van der Waals surface area (Å²) in [5.41, 5.74) is 1.43. The van der Waals surface area contributed by atoms with Crippen molar-refractivity contribution in [2.24, 2.45) is 0 Å². The second-order valence-electron chi connectivity index (χ2n) is 6.47. The molecule has 128 valence electrons. The minimum Gasteiger partial charge on any atom is -0.492 e. The maximum atomic E-state index is 12.6. The van der Waals surface area contributed by atoms with Crippen LogP contribution in [0.4, 0.5) is 0 Å². The number of fused-ring (bicyclic) bond motifs is 3. The number of aromatic amines is 1. The molecule has 0 spiro atoms. The van der Waals surface area contributed by atoms with E-state index in [4.69, 9.17) is 9.47 Å². The first-order chi connectivity index (χ1) is 11.6. The minimum atomic E-state index is -0.208. The Morgan fingerprint density at radius 2 is 2.38 bits per heavy atom. The molecule has 0 radical (unpaired) electrons. The number of benzene rings is 1. The van der Waals surface area contributed by atoms with Crippen molar-refractivity contribution in [3.8, 4) is 11.8 Å². The number of halogens is 1. The lowest BCUT2D eigenvalue weighted by molar-refractivity contribution is 0.188. The van der Waals surface area contributed by atoms with Crippen LogP contribution in [-0.4, -0.2) is 47.7 Å². The topological polar surface area (TPSA) is 67.5 Å². The molecule has 7 heteroatoms. The molecule has 1 saturated heterocycles. The summed E-state index contributed by atoms with van der Waals surface area (Å²) in [7, 11) is 2.10. The molecule has 24 heavy (non-hydrogen) atoms. The maximum Gasteiger partial charge on any atom is 0.297 e. The van der Waals surface area contributed by atoms with Crippen LogP contribution in [0.15, 0.2) is 15.3 Å². The highest BCUT2D eigenvalue weighted by atomic mass is 79.9. The molecule has 2 aliphatic heterocycles. The molecule has 0 aliphatic carbocycles. The number of H-pyrrole nitrogens is 1. The van der Waals surface area contributed by atoms with Crippen molar-refractivity contribution in [2.75, 3.05) is 26.8 Å². The van der Waals surface area contributed by atoms with Gasteiger partial charge in [-0.05, 0) is 45.3 Å². The van der Waals surface area contributed by atoms with Gasteiger partial charge in [0.1, 0.15) is 17.7 Å². The highest BCUT2D eigenvalue weighted by Crippen LogP contribution is 2.36. The number of nitrogens with zero attached hydrogens (tertiary/aromatic N) is 2. The van der Waals surface area contributed by atoms with E-state index in [1.165, 1.54) is 6.42 Å². The predicted molar refractivity (Wildman–Crippen MR) is 95.0 cm³/mol. The summed E-state index contributed by atoms with van der Waals surface area (Å²) in [5, 5.41) is 0.512. The highest BCUT2D eigenvalue weighted by molar-refractivity contribution is 9.10. The van der Waals surface area contributed by atoms with E-state index in [1.807, 2.05) is 6.07 Å². The van der Waals surface area contributed by atoms with Crippen molar-refractivity contribution in [3.63, 3.8) is 0 Å². The third kappa shape index (κ3) is 2.80. The van der Waals surface area contributed by atoms with Gasteiger partial charge in [0, 0.05) is 16.1 Å². The van der Waals surface area contributed by atoms with Gasteiger partial charge >= 0.3 is 0 Å². The number of likely N-dealkylation sites (tertiary alicyclic amines) is 1. The van der Waals surface area contributed by atoms with Crippen molar-refractivity contribution >= 4 is 26.8 Å². The summed E-state index contributed by atoms with van der Waals surface area (Å²) in [6.45, 7) is 2.25. The zero-order valence-corrected chi connectivity index (χ0v) is 15.2. The molecular weight excluding hydrogens is 374 g/mol. The van der Waals surface area contributed by atoms with Crippen LogP contribution in [0.5, 0.6) is 11.8 Å². The van der Waals surface area contributed by atoms with Gasteiger partial charge < -0.3 is 14.4 Å². The molecule has 4 rings (SSSR count). The van der Waals surface area contributed by atoms with Gasteiger partial charge in [-0.2, -0.15) is 4.98 Å². The Labute approximate surface area is 148 Å². The van der Waals surface area contributed by atoms with Gasteiger partial charge in [-0.1, -0.05) is 15.9 Å². The molecule has 1 aromatic carbocycles. The van der Waals surface area contributed by atoms with E-state index in [0.29, 0.717) is 35.9 Å². The van der Waals surface area contributed by atoms with Crippen LogP contribution in [0.3, 0.4) is 0 Å². The van der Waals surface area contributed by atoms with E-state index in [2.05, 4.69) is 37.8 Å². The van der Waals surface area contributed by atoms with Crippen LogP contribution in [0.1, 0.15) is 24.8 Å². The second-order valence-corrected chi connectivity index (χ2v) is 7.33. The molecule has 2 aliphatic rings. The Morgan fingerprint density at radius 3 is 3.17 bits per heavy atom. The molecule has 1 atom stereocenters. The van der Waals surface area contributed by atoms with Gasteiger partial charge in [-0.15, -0.1) is 0 Å². The van der Waals surface area contributed by atoms with Gasteiger partial charge in [-0.3, -0.25) is 9.78 Å². The highest BCUT2D eigenvalue weighted by Gasteiger charge is 2.23. The molecule has 1 aromatic heterocycles. The van der Waals surface area contributed by atoms with Crippen LogP contribution in [0, 0.1) is 0 Å². The zero-order chi connectivity index (χ0) is 16.7. The first kappa shape index (κ1) is 15.9. The van der Waals surface area contributed by atoms with E-state index in [0.717, 1.165) is 35.8 Å². The van der Waals surface area contributed by atoms with Crippen LogP contribution >= 0.6 is 15.9 Å². The Kier molecular flexibility index (Phi) is 4.22. The van der Waals surface area contributed by atoms with Gasteiger partial charge in [0.25, 0.3) is 11.6 Å². The molecular formula is C17H20BrN3O3. The van der Waals surface area contributed by atoms with E-state index in [-0.39, 0.29) is 11.6 Å². The fourth-order valence-electron chi connectivity index (χ4n) is 3.51. The minimum absolute atomic E-state index is 0.208. The zero-order valence-electron chi connectivity index (χ0n) is 13.6. The number of ether oxygens (including phenoxy) is 2. The second kappa shape index (κ2) is 6.37. The van der Waals surface area contributed by atoms with Gasteiger partial charge in [0.2, 0.25) is 0 Å². The molecule has 0 amide bonds. The van der Waals surface area contributed by atoms with Gasteiger partial charge in [-0.25, -0.2) is 0 Å². The fraction of sp³-hybridized carbons (Fsp3) is 0.529. The largest absolute Gasteiger partial charge is 0.492 e. The monoisotopic (exact) mass is 393 g/mol. The molecule has 2 aromatic rings. The summed E-state index contributed by atoms with van der Waals surface area (Å²) in [4.78, 5) is 22.1. The molecule has 0 saturated carbocycles. The number of rotatable bonds is 3. The first-order valence-electron chi connectivity index (χ1n) is 8.34. The predicted octanol–water partition coefficient (Wildman–Crippen LogP) is 2.48. The first-order valence-corrected chi connectivity index (χ1v) is 9.14. The molecule has 6 nitrogen and oxygen atoms in total. The van der Waals surface area contributed by atoms with E-state index < -0.39 is 0 Å². The normalized spacial score (nSPS) is 20.8. The number of hydrogen-bond donors (Lipinski definition) is 1. The van der Waals surface area contributed by atoms with E-state index >= 15 is 0 Å². The fourth-order valence-corrected chi connectivity index (χ4v) is 4.10. The van der Waals surface area contributed by atoms with Gasteiger partial charge in [0.15, 0.2) is 0 Å². The van der Waals surface area contributed by atoms with Crippen LogP contribution < -0.4 is 15.0 Å². The lowest BCUT2D eigenvalue weighted by atomic mass is 10.0. The summed E-state index contributed by atoms with van der Waals surface area (Å²) in [5.74, 6) is 0.654. The number of hydrogen-bond acceptors (Lipinski definition) is 5. The van der Waals surface area contributed by atoms with E-state index in [1.54, 1.807) is 0 Å². The summed E-state index contributed by atoms with van der Waals surface area (Å²) in [6, 6.07) is 2.53. The Bertz CT molecular complexity index is 836. The summed E-state index contributed by atoms with van der Waals surface area (Å²) >= 11 is 3.57. The van der Waals surface area contributed by atoms with Crippen molar-refractivity contribution in [1.82, 2.24) is 14.9 Å². The molecule has 1 unspecified atom stereocenters. The number of aromatic nitrogens is 2. The number of likely N-dealkylation sites (N-methyl/N-ethyl adjacent to an activating group) is 1. The molecule has 1 fully saturated rings. The maximum absolute atomic E-state index is 12.6. The Hall–Kier alpha value is -1.60. The van der Waals surface area contributed by atoms with Crippen molar-refractivity contribution in [2.45, 2.75) is 31.7 Å². The van der Waals surface area contributed by atoms with Gasteiger partial charge in [0.05, 0.1) is 12.1 Å². The molecule has 3 heterocycles. The third-order valence-corrected chi connectivity index (χ3v) is 5.59. The molecule has 0 bridgehead atoms. The van der Waals surface area contributed by atoms with Crippen LogP contribution in [-0.2, 0) is 6.42 Å². The summed E-state index contributed by atoms with van der Waals surface area (Å²) < 4.78 is 12.5. The molecule has 1 N–H and O–H groups in total. The Morgan fingerprint density at radius 1 is 1.50 bits per heavy atom.